The summed E-state index contributed by atoms with van der Waals surface area (Å²) in [6.45, 7) is 12.4. The zero-order chi connectivity index (χ0) is 30.7. The highest BCUT2D eigenvalue weighted by molar-refractivity contribution is 5.99. The molecule has 2 aliphatic rings. The summed E-state index contributed by atoms with van der Waals surface area (Å²) >= 11 is 0. The van der Waals surface area contributed by atoms with Crippen molar-refractivity contribution >= 4 is 23.5 Å². The predicted molar refractivity (Wildman–Crippen MR) is 169 cm³/mol. The molecule has 3 N–H and O–H groups in total. The summed E-state index contributed by atoms with van der Waals surface area (Å²) in [4.78, 5) is 51.3. The molecular weight excluding hydrogens is 544 g/mol. The number of rotatable bonds is 9. The van der Waals surface area contributed by atoms with Crippen molar-refractivity contribution in [3.05, 3.63) is 74.8 Å². The van der Waals surface area contributed by atoms with E-state index in [1.165, 1.54) is 4.90 Å². The molecule has 0 atom stereocenters. The largest absolute Gasteiger partial charge is 0.465 e. The number of carbonyl (C=O) groups is 2. The first kappa shape index (κ1) is 30.1. The van der Waals surface area contributed by atoms with Crippen molar-refractivity contribution < 1.29 is 14.7 Å². The molecule has 0 saturated carbocycles. The molecule has 0 spiro atoms. The fourth-order valence-electron chi connectivity index (χ4n) is 6.17. The molecule has 2 aromatic heterocycles. The second kappa shape index (κ2) is 12.9. The number of H-pyrrole nitrogens is 1. The Morgan fingerprint density at radius 2 is 1.84 bits per heavy atom. The molecule has 0 aliphatic carbocycles. The van der Waals surface area contributed by atoms with E-state index in [0.29, 0.717) is 43.2 Å². The summed E-state index contributed by atoms with van der Waals surface area (Å²) in [6, 6.07) is 10.1. The fraction of sp³-hybridized carbons (Fsp3) is 0.455. The van der Waals surface area contributed by atoms with Gasteiger partial charge in [0.05, 0.1) is 0 Å². The Morgan fingerprint density at radius 3 is 2.49 bits per heavy atom. The maximum atomic E-state index is 13.8. The highest BCUT2D eigenvalue weighted by atomic mass is 16.4. The van der Waals surface area contributed by atoms with Gasteiger partial charge in [-0.2, -0.15) is 0 Å². The van der Waals surface area contributed by atoms with Crippen LogP contribution in [0.25, 0.3) is 11.1 Å². The summed E-state index contributed by atoms with van der Waals surface area (Å²) in [5.41, 5.74) is 6.81. The third-order valence-electron chi connectivity index (χ3n) is 8.29. The molecule has 10 nitrogen and oxygen atoms in total. The zero-order valence-corrected chi connectivity index (χ0v) is 25.6. The minimum absolute atomic E-state index is 0.152. The van der Waals surface area contributed by atoms with Crippen LogP contribution in [-0.4, -0.2) is 71.2 Å². The van der Waals surface area contributed by atoms with Crippen molar-refractivity contribution in [3.63, 3.8) is 0 Å². The number of aromatic nitrogens is 2. The van der Waals surface area contributed by atoms with Gasteiger partial charge in [0.1, 0.15) is 5.82 Å². The van der Waals surface area contributed by atoms with Gasteiger partial charge in [-0.25, -0.2) is 9.78 Å². The van der Waals surface area contributed by atoms with Gasteiger partial charge in [-0.1, -0.05) is 27.2 Å². The average Bonchev–Trinajstić information content (AvgIpc) is 3.38. The lowest BCUT2D eigenvalue weighted by molar-refractivity contribution is 0.0950. The van der Waals surface area contributed by atoms with Crippen molar-refractivity contribution in [1.29, 1.82) is 0 Å². The molecule has 1 saturated heterocycles. The van der Waals surface area contributed by atoms with Crippen LogP contribution in [0, 0.1) is 12.8 Å². The molecule has 2 amide bonds. The Labute approximate surface area is 252 Å². The van der Waals surface area contributed by atoms with E-state index in [9.17, 15) is 19.5 Å². The number of aryl methyl sites for hydroxylation is 2. The SMILES string of the molecule is CCCc1cc(C)[nH]c(=O)c1CNC(=O)c1cc(-c2ccc(N3CCN(C(=O)O)CC3)nc2)cc2c1CCN2CC(C)C. The first-order valence-electron chi connectivity index (χ1n) is 15.3. The van der Waals surface area contributed by atoms with Crippen molar-refractivity contribution in [3.8, 4) is 11.1 Å². The number of carbonyl (C=O) groups excluding carboxylic acids is 1. The number of carboxylic acid groups (broad SMARTS) is 1. The lowest BCUT2D eigenvalue weighted by atomic mass is 9.97. The van der Waals surface area contributed by atoms with Gasteiger partial charge in [0.2, 0.25) is 0 Å². The van der Waals surface area contributed by atoms with Crippen LogP contribution in [0.3, 0.4) is 0 Å². The van der Waals surface area contributed by atoms with Crippen LogP contribution in [-0.2, 0) is 19.4 Å². The molecule has 1 fully saturated rings. The molecule has 4 heterocycles. The third-order valence-corrected chi connectivity index (χ3v) is 8.29. The van der Waals surface area contributed by atoms with Gasteiger partial charge in [0.15, 0.2) is 0 Å². The van der Waals surface area contributed by atoms with E-state index in [-0.39, 0.29) is 18.0 Å². The Morgan fingerprint density at radius 1 is 1.07 bits per heavy atom. The topological polar surface area (TPSA) is 122 Å². The van der Waals surface area contributed by atoms with Crippen LogP contribution >= 0.6 is 0 Å². The maximum absolute atomic E-state index is 13.8. The van der Waals surface area contributed by atoms with Gasteiger partial charge in [0.25, 0.3) is 11.5 Å². The van der Waals surface area contributed by atoms with Gasteiger partial charge in [-0.15, -0.1) is 0 Å². The molecule has 0 unspecified atom stereocenters. The van der Waals surface area contributed by atoms with E-state index < -0.39 is 6.09 Å². The number of hydrogen-bond acceptors (Lipinski definition) is 6. The second-order valence-corrected chi connectivity index (χ2v) is 12.0. The van der Waals surface area contributed by atoms with Gasteiger partial charge in [0, 0.05) is 80.1 Å². The minimum atomic E-state index is -0.891. The van der Waals surface area contributed by atoms with Crippen LogP contribution in [0.2, 0.25) is 0 Å². The van der Waals surface area contributed by atoms with Crippen LogP contribution in [0.5, 0.6) is 0 Å². The Balaban J connectivity index is 1.42. The van der Waals surface area contributed by atoms with E-state index in [1.807, 2.05) is 37.4 Å². The number of fused-ring (bicyclic) bond motifs is 1. The molecular formula is C33H42N6O4. The summed E-state index contributed by atoms with van der Waals surface area (Å²) in [7, 11) is 0. The number of amides is 2. The smallest absolute Gasteiger partial charge is 0.407 e. The molecule has 1 aromatic carbocycles. The van der Waals surface area contributed by atoms with Gasteiger partial charge in [-0.3, -0.25) is 9.59 Å². The molecule has 10 heteroatoms. The summed E-state index contributed by atoms with van der Waals surface area (Å²) in [5, 5.41) is 12.3. The number of nitrogens with one attached hydrogen (secondary N) is 2. The van der Waals surface area contributed by atoms with E-state index >= 15 is 0 Å². The monoisotopic (exact) mass is 586 g/mol. The highest BCUT2D eigenvalue weighted by Gasteiger charge is 2.27. The number of piperazine rings is 1. The molecule has 0 bridgehead atoms. The lowest BCUT2D eigenvalue weighted by Crippen LogP contribution is -2.48. The molecule has 5 rings (SSSR count). The zero-order valence-electron chi connectivity index (χ0n) is 25.6. The highest BCUT2D eigenvalue weighted by Crippen LogP contribution is 2.36. The minimum Gasteiger partial charge on any atom is -0.465 e. The van der Waals surface area contributed by atoms with E-state index in [4.69, 9.17) is 4.98 Å². The molecule has 3 aromatic rings. The summed E-state index contributed by atoms with van der Waals surface area (Å²) in [5.74, 6) is 1.09. The van der Waals surface area contributed by atoms with E-state index in [2.05, 4.69) is 46.9 Å². The number of anilines is 2. The lowest BCUT2D eigenvalue weighted by Gasteiger charge is -2.33. The number of benzene rings is 1. The van der Waals surface area contributed by atoms with Crippen LogP contribution < -0.4 is 20.7 Å². The van der Waals surface area contributed by atoms with E-state index in [1.54, 1.807) is 0 Å². The normalized spacial score (nSPS) is 14.8. The van der Waals surface area contributed by atoms with Crippen LogP contribution in [0.4, 0.5) is 16.3 Å². The van der Waals surface area contributed by atoms with Crippen LogP contribution in [0.1, 0.15) is 59.9 Å². The molecule has 0 radical (unpaired) electrons. The molecule has 43 heavy (non-hydrogen) atoms. The Kier molecular flexibility index (Phi) is 9.03. The maximum Gasteiger partial charge on any atom is 0.407 e. The average molecular weight is 587 g/mol. The van der Waals surface area contributed by atoms with Gasteiger partial charge < -0.3 is 30.1 Å². The first-order valence-corrected chi connectivity index (χ1v) is 15.3. The molecule has 228 valence electrons. The predicted octanol–water partition coefficient (Wildman–Crippen LogP) is 4.45. The van der Waals surface area contributed by atoms with Gasteiger partial charge >= 0.3 is 6.09 Å². The summed E-state index contributed by atoms with van der Waals surface area (Å²) in [6.07, 6.45) is 3.42. The van der Waals surface area contributed by atoms with Crippen LogP contribution in [0.15, 0.2) is 41.3 Å². The number of nitrogens with zero attached hydrogens (tertiary/aromatic N) is 4. The third kappa shape index (κ3) is 6.68. The van der Waals surface area contributed by atoms with Crippen molar-refractivity contribution in [2.45, 2.75) is 53.5 Å². The standard InChI is InChI=1S/C33H42N6O4/c1-5-6-23-15-22(4)36-32(41)28(23)19-35-31(40)27-16-25(17-29-26(27)9-10-39(29)20-21(2)3)24-7-8-30(34-18-24)37-11-13-38(14-12-37)33(42)43/h7-8,15-18,21H,5-6,9-14,19-20H2,1-4H3,(H,35,40)(H,36,41)(H,42,43). The summed E-state index contributed by atoms with van der Waals surface area (Å²) < 4.78 is 0. The number of hydrogen-bond donors (Lipinski definition) is 3. The Hall–Kier alpha value is -4.34. The Bertz CT molecular complexity index is 1540. The van der Waals surface area contributed by atoms with Crippen molar-refractivity contribution in [2.24, 2.45) is 5.92 Å². The first-order chi connectivity index (χ1) is 20.6. The van der Waals surface area contributed by atoms with Gasteiger partial charge in [-0.05, 0) is 72.7 Å². The van der Waals surface area contributed by atoms with E-state index in [0.717, 1.165) is 71.8 Å². The number of aromatic amines is 1. The second-order valence-electron chi connectivity index (χ2n) is 12.0. The van der Waals surface area contributed by atoms with Crippen molar-refractivity contribution in [1.82, 2.24) is 20.2 Å². The molecule has 2 aliphatic heterocycles. The quantitative estimate of drug-likeness (QED) is 0.339. The fourth-order valence-corrected chi connectivity index (χ4v) is 6.17. The van der Waals surface area contributed by atoms with Crippen molar-refractivity contribution in [2.75, 3.05) is 49.1 Å². The number of pyridine rings is 2.